The lowest BCUT2D eigenvalue weighted by Gasteiger charge is -2.41. The molecule has 0 spiro atoms. The normalized spacial score (nSPS) is 17.6. The third-order valence-electron chi connectivity index (χ3n) is 7.63. The summed E-state index contributed by atoms with van der Waals surface area (Å²) in [5, 5.41) is 33.5. The van der Waals surface area contributed by atoms with Gasteiger partial charge in [0.15, 0.2) is 11.5 Å². The van der Waals surface area contributed by atoms with Crippen molar-refractivity contribution in [1.29, 1.82) is 0 Å². The second-order valence-electron chi connectivity index (χ2n) is 10.6. The molecule has 1 aliphatic carbocycles. The Morgan fingerprint density at radius 3 is 2.42 bits per heavy atom. The van der Waals surface area contributed by atoms with Gasteiger partial charge in [0.1, 0.15) is 18.0 Å². The van der Waals surface area contributed by atoms with E-state index >= 15 is 0 Å². The minimum absolute atomic E-state index is 0.0513. The largest absolute Gasteiger partial charge is 0.497 e. The highest BCUT2D eigenvalue weighted by Crippen LogP contribution is 2.37. The predicted octanol–water partition coefficient (Wildman–Crippen LogP) is 3.03. The van der Waals surface area contributed by atoms with Crippen LogP contribution in [0.3, 0.4) is 0 Å². The molecule has 3 aromatic rings. The molecule has 0 unspecified atom stereocenters. The van der Waals surface area contributed by atoms with Crippen LogP contribution in [-0.4, -0.2) is 84.2 Å². The zero-order chi connectivity index (χ0) is 32.3. The maximum absolute atomic E-state index is 14.0. The number of hydrogen-bond acceptors (Lipinski definition) is 8. The second-order valence-corrected chi connectivity index (χ2v) is 11.8. The minimum Gasteiger partial charge on any atom is -0.497 e. The number of amides is 2. The molecular formula is C34H39IN2O8. The van der Waals surface area contributed by atoms with Crippen LogP contribution in [0.4, 0.5) is 0 Å². The lowest BCUT2D eigenvalue weighted by atomic mass is 9.87. The average molecular weight is 731 g/mol. The van der Waals surface area contributed by atoms with Gasteiger partial charge in [-0.25, -0.2) is 0 Å². The van der Waals surface area contributed by atoms with E-state index in [0.29, 0.717) is 38.4 Å². The van der Waals surface area contributed by atoms with Crippen LogP contribution in [0.25, 0.3) is 0 Å². The minimum atomic E-state index is -1.21. The molecule has 0 heterocycles. The summed E-state index contributed by atoms with van der Waals surface area (Å²) in [5.74, 6) is 0.765. The van der Waals surface area contributed by atoms with Crippen LogP contribution in [0.15, 0.2) is 78.4 Å². The standard InChI is InChI=1S/C34H39IN2O8/c1-43-26-10-6-9-23(15-26)11-13-37(31(40)18-22-7-4-3-5-8-22)28-19-25(34(42)36-12-14-38)20-29(32(28)41)45-33-27(35)16-24(21-39)17-30(33)44-2/h3-10,15-17,20,28-29,32,38-39,41H,11-14,18-19,21H2,1-2H3,(H,36,42)/t28-,29+,32+/m1/s1. The molecule has 11 heteroatoms. The molecule has 0 bridgehead atoms. The number of methoxy groups -OCH3 is 2. The first kappa shape index (κ1) is 34.2. The number of ether oxygens (including phenoxy) is 3. The first-order chi connectivity index (χ1) is 21.8. The van der Waals surface area contributed by atoms with Gasteiger partial charge in [-0.05, 0) is 76.0 Å². The van der Waals surface area contributed by atoms with Crippen molar-refractivity contribution in [2.45, 2.75) is 44.1 Å². The van der Waals surface area contributed by atoms with Gasteiger partial charge in [-0.3, -0.25) is 9.59 Å². The third-order valence-corrected chi connectivity index (χ3v) is 8.44. The molecule has 0 saturated heterocycles. The summed E-state index contributed by atoms with van der Waals surface area (Å²) in [5.41, 5.74) is 2.72. The number of carbonyl (C=O) groups is 2. The maximum Gasteiger partial charge on any atom is 0.247 e. The van der Waals surface area contributed by atoms with Crippen molar-refractivity contribution in [2.24, 2.45) is 0 Å². The molecule has 4 rings (SSSR count). The Hall–Kier alpha value is -3.65. The number of halogens is 1. The van der Waals surface area contributed by atoms with E-state index in [1.54, 1.807) is 30.2 Å². The van der Waals surface area contributed by atoms with Gasteiger partial charge in [-0.2, -0.15) is 0 Å². The molecule has 3 aromatic carbocycles. The van der Waals surface area contributed by atoms with Crippen molar-refractivity contribution in [3.05, 3.63) is 98.6 Å². The number of aliphatic hydroxyl groups excluding tert-OH is 3. The summed E-state index contributed by atoms with van der Waals surface area (Å²) in [6, 6.07) is 19.5. The zero-order valence-corrected chi connectivity index (χ0v) is 27.5. The van der Waals surface area contributed by atoms with Crippen LogP contribution in [0.2, 0.25) is 0 Å². The van der Waals surface area contributed by atoms with Crippen LogP contribution in [0.1, 0.15) is 23.1 Å². The molecule has 0 fully saturated rings. The summed E-state index contributed by atoms with van der Waals surface area (Å²) in [6.07, 6.45) is 0.00105. The molecular weight excluding hydrogens is 691 g/mol. The Kier molecular flexibility index (Phi) is 12.6. The Labute approximate surface area is 276 Å². The molecule has 1 aliphatic rings. The van der Waals surface area contributed by atoms with Gasteiger partial charge < -0.3 is 39.7 Å². The Morgan fingerprint density at radius 2 is 1.73 bits per heavy atom. The summed E-state index contributed by atoms with van der Waals surface area (Å²) in [7, 11) is 3.07. The van der Waals surface area contributed by atoms with E-state index < -0.39 is 24.2 Å². The van der Waals surface area contributed by atoms with Gasteiger partial charge >= 0.3 is 0 Å². The Balaban J connectivity index is 1.71. The summed E-state index contributed by atoms with van der Waals surface area (Å²) < 4.78 is 17.9. The highest BCUT2D eigenvalue weighted by Gasteiger charge is 2.41. The van der Waals surface area contributed by atoms with Crippen LogP contribution in [-0.2, 0) is 29.0 Å². The van der Waals surface area contributed by atoms with Gasteiger partial charge in [0.05, 0.1) is 43.5 Å². The van der Waals surface area contributed by atoms with Crippen molar-refractivity contribution in [1.82, 2.24) is 10.2 Å². The molecule has 4 N–H and O–H groups in total. The second kappa shape index (κ2) is 16.6. The van der Waals surface area contributed by atoms with E-state index in [2.05, 4.69) is 27.9 Å². The maximum atomic E-state index is 14.0. The number of hydrogen-bond donors (Lipinski definition) is 4. The van der Waals surface area contributed by atoms with Gasteiger partial charge in [0, 0.05) is 25.1 Å². The highest BCUT2D eigenvalue weighted by atomic mass is 127. The van der Waals surface area contributed by atoms with Gasteiger partial charge in [-0.1, -0.05) is 42.5 Å². The quantitative estimate of drug-likeness (QED) is 0.186. The molecule has 0 radical (unpaired) electrons. The topological polar surface area (TPSA) is 138 Å². The van der Waals surface area contributed by atoms with Crippen LogP contribution in [0.5, 0.6) is 17.2 Å². The first-order valence-electron chi connectivity index (χ1n) is 14.7. The van der Waals surface area contributed by atoms with E-state index in [4.69, 9.17) is 14.2 Å². The number of nitrogens with one attached hydrogen (secondary N) is 1. The monoisotopic (exact) mass is 730 g/mol. The molecule has 0 aromatic heterocycles. The fraction of sp³-hybridized carbons (Fsp3) is 0.353. The van der Waals surface area contributed by atoms with Crippen molar-refractivity contribution in [3.8, 4) is 17.2 Å². The molecule has 240 valence electrons. The molecule has 0 saturated carbocycles. The van der Waals surface area contributed by atoms with Gasteiger partial charge in [0.25, 0.3) is 0 Å². The van der Waals surface area contributed by atoms with Crippen LogP contribution < -0.4 is 19.5 Å². The van der Waals surface area contributed by atoms with Gasteiger partial charge in [0.2, 0.25) is 11.8 Å². The number of aliphatic hydroxyl groups is 3. The molecule has 3 atom stereocenters. The van der Waals surface area contributed by atoms with Gasteiger partial charge in [-0.15, -0.1) is 0 Å². The van der Waals surface area contributed by atoms with E-state index in [1.807, 2.05) is 54.6 Å². The number of nitrogens with zero attached hydrogens (tertiary/aromatic N) is 1. The lowest BCUT2D eigenvalue weighted by molar-refractivity contribution is -0.137. The van der Waals surface area contributed by atoms with E-state index in [1.165, 1.54) is 7.11 Å². The zero-order valence-electron chi connectivity index (χ0n) is 25.3. The first-order valence-corrected chi connectivity index (χ1v) is 15.7. The number of benzene rings is 3. The number of carbonyl (C=O) groups excluding carboxylic acids is 2. The summed E-state index contributed by atoms with van der Waals surface area (Å²) in [6.45, 7) is -0.109. The smallest absolute Gasteiger partial charge is 0.247 e. The van der Waals surface area contributed by atoms with E-state index in [-0.39, 0.29) is 45.1 Å². The molecule has 0 aliphatic heterocycles. The molecule has 2 amide bonds. The fourth-order valence-electron chi connectivity index (χ4n) is 5.32. The van der Waals surface area contributed by atoms with Crippen molar-refractivity contribution in [2.75, 3.05) is 33.9 Å². The van der Waals surface area contributed by atoms with Crippen LogP contribution >= 0.6 is 22.6 Å². The van der Waals surface area contributed by atoms with Crippen molar-refractivity contribution < 1.29 is 39.1 Å². The Bertz CT molecular complexity index is 1480. The SMILES string of the molecule is COc1cccc(CCN(C(=O)Cc2ccccc2)[C@@H]2CC(C(=O)NCCO)=C[C@H](Oc3c(I)cc(CO)cc3OC)[C@H]2O)c1. The average Bonchev–Trinajstić information content (AvgIpc) is 3.06. The third kappa shape index (κ3) is 8.97. The van der Waals surface area contributed by atoms with E-state index in [0.717, 1.165) is 11.1 Å². The molecule has 45 heavy (non-hydrogen) atoms. The van der Waals surface area contributed by atoms with E-state index in [9.17, 15) is 24.9 Å². The van der Waals surface area contributed by atoms with Crippen molar-refractivity contribution in [3.63, 3.8) is 0 Å². The fourth-order valence-corrected chi connectivity index (χ4v) is 6.11. The summed E-state index contributed by atoms with van der Waals surface area (Å²) in [4.78, 5) is 28.8. The highest BCUT2D eigenvalue weighted by molar-refractivity contribution is 14.1. The number of rotatable bonds is 14. The summed E-state index contributed by atoms with van der Waals surface area (Å²) >= 11 is 2.07. The lowest BCUT2D eigenvalue weighted by Crippen LogP contribution is -2.56. The van der Waals surface area contributed by atoms with Crippen molar-refractivity contribution >= 4 is 34.4 Å². The molecule has 10 nitrogen and oxygen atoms in total. The predicted molar refractivity (Wildman–Crippen MR) is 177 cm³/mol. The Morgan fingerprint density at radius 1 is 0.978 bits per heavy atom. The van der Waals surface area contributed by atoms with Crippen LogP contribution in [0, 0.1) is 3.57 Å².